The summed E-state index contributed by atoms with van der Waals surface area (Å²) in [6.07, 6.45) is 4.88. The number of piperidine rings is 1. The van der Waals surface area contributed by atoms with Crippen LogP contribution in [0.4, 0.5) is 0 Å². The van der Waals surface area contributed by atoms with Gasteiger partial charge in [-0.3, -0.25) is 4.99 Å². The molecule has 2 fully saturated rings. The fourth-order valence-corrected chi connectivity index (χ4v) is 5.01. The number of likely N-dealkylation sites (tertiary alicyclic amines) is 1. The molecule has 1 aromatic rings. The third-order valence-corrected chi connectivity index (χ3v) is 6.83. The largest absolute Gasteiger partial charge is 0.357 e. The monoisotopic (exact) mass is 541 g/mol. The van der Waals surface area contributed by atoms with Gasteiger partial charge in [0.2, 0.25) is 0 Å². The molecule has 2 aliphatic heterocycles. The van der Waals surface area contributed by atoms with Gasteiger partial charge < -0.3 is 20.0 Å². The van der Waals surface area contributed by atoms with Crippen LogP contribution >= 0.6 is 24.0 Å². The summed E-state index contributed by atoms with van der Waals surface area (Å²) in [6, 6.07) is 11.1. The van der Waals surface area contributed by atoms with E-state index in [0.717, 1.165) is 38.6 Å². The Hall–Kier alpha value is -0.860. The van der Waals surface area contributed by atoms with Crippen molar-refractivity contribution >= 4 is 29.9 Å². The molecule has 5 nitrogen and oxygen atoms in total. The van der Waals surface area contributed by atoms with Crippen LogP contribution in [0.15, 0.2) is 35.3 Å². The number of nitrogens with one attached hydrogen (secondary N) is 1. The second-order valence-electron chi connectivity index (χ2n) is 9.01. The molecule has 2 saturated heterocycles. The number of likely N-dealkylation sites (N-methyl/N-ethyl adjacent to an activating group) is 1. The molecule has 176 valence electrons. The number of guanidine groups is 1. The first-order valence-electron chi connectivity index (χ1n) is 12.2. The van der Waals surface area contributed by atoms with Gasteiger partial charge in [0.25, 0.3) is 0 Å². The summed E-state index contributed by atoms with van der Waals surface area (Å²) in [7, 11) is 2.24. The molecular formula is C25H44IN5. The van der Waals surface area contributed by atoms with E-state index in [4.69, 9.17) is 4.99 Å². The summed E-state index contributed by atoms with van der Waals surface area (Å²) in [6.45, 7) is 14.6. The average Bonchev–Trinajstić information content (AvgIpc) is 3.00. The molecule has 0 aromatic heterocycles. The van der Waals surface area contributed by atoms with Crippen molar-refractivity contribution in [2.24, 2.45) is 10.9 Å². The average molecular weight is 542 g/mol. The molecule has 0 saturated carbocycles. The highest BCUT2D eigenvalue weighted by atomic mass is 127. The molecule has 0 aliphatic carbocycles. The van der Waals surface area contributed by atoms with E-state index in [1.165, 1.54) is 57.5 Å². The lowest BCUT2D eigenvalue weighted by Gasteiger charge is -2.40. The summed E-state index contributed by atoms with van der Waals surface area (Å²) >= 11 is 0. The van der Waals surface area contributed by atoms with Gasteiger partial charge in [0.15, 0.2) is 5.96 Å². The van der Waals surface area contributed by atoms with Gasteiger partial charge >= 0.3 is 0 Å². The van der Waals surface area contributed by atoms with Crippen LogP contribution in [0.1, 0.15) is 51.0 Å². The second kappa shape index (κ2) is 14.3. The Bertz CT molecular complexity index is 638. The maximum Gasteiger partial charge on any atom is 0.193 e. The minimum atomic E-state index is 0. The van der Waals surface area contributed by atoms with E-state index in [1.54, 1.807) is 0 Å². The number of nitrogens with zero attached hydrogens (tertiary/aromatic N) is 4. The molecule has 0 amide bonds. The lowest BCUT2D eigenvalue weighted by Crippen LogP contribution is -2.48. The van der Waals surface area contributed by atoms with Gasteiger partial charge in [-0.15, -0.1) is 24.0 Å². The van der Waals surface area contributed by atoms with Gasteiger partial charge in [0, 0.05) is 39.3 Å². The van der Waals surface area contributed by atoms with Crippen molar-refractivity contribution in [1.82, 2.24) is 20.0 Å². The zero-order chi connectivity index (χ0) is 21.2. The van der Waals surface area contributed by atoms with E-state index in [-0.39, 0.29) is 24.0 Å². The summed E-state index contributed by atoms with van der Waals surface area (Å²) in [5.41, 5.74) is 1.51. The molecule has 6 heteroatoms. The Morgan fingerprint density at radius 1 is 1.06 bits per heavy atom. The highest BCUT2D eigenvalue weighted by Gasteiger charge is 2.30. The van der Waals surface area contributed by atoms with Crippen molar-refractivity contribution < 1.29 is 0 Å². The second-order valence-corrected chi connectivity index (χ2v) is 9.01. The fraction of sp³-hybridized carbons (Fsp3) is 0.720. The van der Waals surface area contributed by atoms with E-state index >= 15 is 0 Å². The summed E-state index contributed by atoms with van der Waals surface area (Å²) in [4.78, 5) is 12.6. The first kappa shape index (κ1) is 26.4. The van der Waals surface area contributed by atoms with Crippen molar-refractivity contribution in [3.63, 3.8) is 0 Å². The molecule has 1 aromatic carbocycles. The number of aliphatic imine (C=N–C) groups is 1. The third kappa shape index (κ3) is 8.21. The Balaban J connectivity index is 0.00000341. The lowest BCUT2D eigenvalue weighted by atomic mass is 9.79. The van der Waals surface area contributed by atoms with Crippen LogP contribution in [0.3, 0.4) is 0 Å². The Labute approximate surface area is 207 Å². The zero-order valence-electron chi connectivity index (χ0n) is 19.9. The zero-order valence-corrected chi connectivity index (χ0v) is 22.3. The fourth-order valence-electron chi connectivity index (χ4n) is 5.01. The van der Waals surface area contributed by atoms with Gasteiger partial charge in [-0.2, -0.15) is 0 Å². The van der Waals surface area contributed by atoms with Crippen LogP contribution < -0.4 is 5.32 Å². The van der Waals surface area contributed by atoms with Crippen LogP contribution in [-0.2, 0) is 0 Å². The first-order valence-corrected chi connectivity index (χ1v) is 12.2. The smallest absolute Gasteiger partial charge is 0.193 e. The van der Waals surface area contributed by atoms with Gasteiger partial charge in [0.1, 0.15) is 0 Å². The minimum Gasteiger partial charge on any atom is -0.357 e. The van der Waals surface area contributed by atoms with Crippen molar-refractivity contribution in [2.75, 3.05) is 66.0 Å². The molecule has 31 heavy (non-hydrogen) atoms. The Kier molecular flexibility index (Phi) is 12.2. The van der Waals surface area contributed by atoms with E-state index in [9.17, 15) is 0 Å². The predicted octanol–water partition coefficient (Wildman–Crippen LogP) is 4.11. The summed E-state index contributed by atoms with van der Waals surface area (Å²) in [5, 5.41) is 3.56. The first-order chi connectivity index (χ1) is 14.7. The van der Waals surface area contributed by atoms with Crippen LogP contribution in [0.5, 0.6) is 0 Å². The maximum absolute atomic E-state index is 5.02. The molecule has 2 unspecified atom stereocenters. The summed E-state index contributed by atoms with van der Waals surface area (Å²) < 4.78 is 0. The van der Waals surface area contributed by atoms with Gasteiger partial charge in [0.05, 0.1) is 0 Å². The Morgan fingerprint density at radius 3 is 2.61 bits per heavy atom. The summed E-state index contributed by atoms with van der Waals surface area (Å²) in [5.74, 6) is 2.49. The standard InChI is InChI=1S/C25H43N5.HI/c1-4-22-21-30(18-13-24(22)23-11-7-6-8-12-23)25(26-5-2)27-14-9-16-29-17-10-15-28(3)19-20-29;/h6-8,11-12,22,24H,4-5,9-10,13-21H2,1-3H3,(H,26,27);1H. The van der Waals surface area contributed by atoms with Gasteiger partial charge in [-0.1, -0.05) is 43.7 Å². The normalized spacial score (nSPS) is 23.8. The predicted molar refractivity (Wildman–Crippen MR) is 144 cm³/mol. The topological polar surface area (TPSA) is 34.1 Å². The molecule has 1 N–H and O–H groups in total. The quantitative estimate of drug-likeness (QED) is 0.244. The van der Waals surface area contributed by atoms with Crippen LogP contribution in [-0.4, -0.2) is 86.6 Å². The number of benzene rings is 1. The molecule has 2 atom stereocenters. The molecular weight excluding hydrogens is 497 g/mol. The number of rotatable bonds is 7. The van der Waals surface area contributed by atoms with Crippen molar-refractivity contribution in [1.29, 1.82) is 0 Å². The van der Waals surface area contributed by atoms with Crippen molar-refractivity contribution in [3.05, 3.63) is 35.9 Å². The third-order valence-electron chi connectivity index (χ3n) is 6.83. The molecule has 0 spiro atoms. The maximum atomic E-state index is 5.02. The number of halogens is 1. The molecule has 2 heterocycles. The van der Waals surface area contributed by atoms with Crippen LogP contribution in [0.25, 0.3) is 0 Å². The highest BCUT2D eigenvalue weighted by Crippen LogP contribution is 2.34. The molecule has 0 bridgehead atoms. The molecule has 0 radical (unpaired) electrons. The number of hydrogen-bond donors (Lipinski definition) is 1. The molecule has 2 aliphatic rings. The number of hydrogen-bond acceptors (Lipinski definition) is 3. The highest BCUT2D eigenvalue weighted by molar-refractivity contribution is 14.0. The molecule has 3 rings (SSSR count). The van der Waals surface area contributed by atoms with E-state index in [0.29, 0.717) is 11.8 Å². The van der Waals surface area contributed by atoms with Gasteiger partial charge in [-0.05, 0) is 70.3 Å². The van der Waals surface area contributed by atoms with Crippen LogP contribution in [0, 0.1) is 5.92 Å². The van der Waals surface area contributed by atoms with Gasteiger partial charge in [-0.25, -0.2) is 0 Å². The van der Waals surface area contributed by atoms with E-state index in [1.807, 2.05) is 0 Å². The van der Waals surface area contributed by atoms with Crippen molar-refractivity contribution in [2.45, 2.75) is 45.4 Å². The Morgan fingerprint density at radius 2 is 1.87 bits per heavy atom. The van der Waals surface area contributed by atoms with Crippen LogP contribution in [0.2, 0.25) is 0 Å². The lowest BCUT2D eigenvalue weighted by molar-refractivity contribution is 0.215. The SMILES string of the molecule is CCNC(=NCCCN1CCCN(C)CC1)N1CCC(c2ccccc2)C(CC)C1.I. The van der Waals surface area contributed by atoms with E-state index < -0.39 is 0 Å². The minimum absolute atomic E-state index is 0. The van der Waals surface area contributed by atoms with Crippen molar-refractivity contribution in [3.8, 4) is 0 Å². The van der Waals surface area contributed by atoms with E-state index in [2.05, 4.69) is 71.2 Å².